The van der Waals surface area contributed by atoms with E-state index >= 15 is 0 Å². The topological polar surface area (TPSA) is 3.24 Å². The maximum Gasteiger partial charge on any atom is 0.0714 e. The molecule has 11 rings (SSSR count). The van der Waals surface area contributed by atoms with Crippen LogP contribution in [0, 0.1) is 0 Å². The lowest BCUT2D eigenvalue weighted by molar-refractivity contribution is 0.332. The zero-order chi connectivity index (χ0) is 42.1. The quantitative estimate of drug-likeness (QED) is 0.155. The zero-order valence-corrected chi connectivity index (χ0v) is 36.6. The first-order valence-corrected chi connectivity index (χ1v) is 22.9. The van der Waals surface area contributed by atoms with E-state index in [2.05, 4.69) is 221 Å². The van der Waals surface area contributed by atoms with Gasteiger partial charge in [-0.05, 0) is 152 Å². The zero-order valence-electron chi connectivity index (χ0n) is 36.6. The summed E-state index contributed by atoms with van der Waals surface area (Å²) in [6.07, 6.45) is 7.02. The molecule has 0 fully saturated rings. The molecule has 0 bridgehead atoms. The molecule has 0 spiro atoms. The standard InChI is InChI=1S/C61H55N/c1-59(2)37-38-60(3,4)56-39-45(33-36-54(56)59)51-40-52-50-28-16-17-29-53(50)61(46-23-10-6-11-24-46,47-25-12-7-13-26-47)55(52)41-58(51)62(57-30-18-22-44-21-14-15-27-49(44)57)48-34-31-43(32-35-48)42-19-8-5-9-20-42/h5-13,16-20,22-26,28-36,39-41H,14-15,21,27,37-38H2,1-4H3. The largest absolute Gasteiger partial charge is 0.310 e. The highest BCUT2D eigenvalue weighted by molar-refractivity contribution is 5.97. The molecule has 304 valence electrons. The molecule has 0 saturated heterocycles. The van der Waals surface area contributed by atoms with Crippen molar-refractivity contribution in [1.82, 2.24) is 0 Å². The van der Waals surface area contributed by atoms with Crippen LogP contribution in [0.1, 0.15) is 97.9 Å². The SMILES string of the molecule is CC1(C)CCC(C)(C)c2cc(-c3cc4c(cc3N(c3ccc(-c5ccccc5)cc3)c3cccc5c3CCCC5)C(c3ccccc3)(c3ccccc3)c3ccccc3-4)ccc21. The summed E-state index contributed by atoms with van der Waals surface area (Å²) in [5.74, 6) is 0. The summed E-state index contributed by atoms with van der Waals surface area (Å²) in [6.45, 7) is 9.78. The molecule has 0 atom stereocenters. The van der Waals surface area contributed by atoms with E-state index in [0.717, 1.165) is 12.8 Å². The smallest absolute Gasteiger partial charge is 0.0714 e. The summed E-state index contributed by atoms with van der Waals surface area (Å²) in [7, 11) is 0. The third-order valence-electron chi connectivity index (χ3n) is 14.8. The van der Waals surface area contributed by atoms with E-state index in [1.165, 1.54) is 121 Å². The Kier molecular flexibility index (Phi) is 9.24. The van der Waals surface area contributed by atoms with Crippen LogP contribution < -0.4 is 4.90 Å². The lowest BCUT2D eigenvalue weighted by Crippen LogP contribution is -2.33. The third kappa shape index (κ3) is 6.11. The Labute approximate surface area is 368 Å². The molecule has 1 nitrogen and oxygen atoms in total. The summed E-state index contributed by atoms with van der Waals surface area (Å²) in [5.41, 5.74) is 22.1. The maximum absolute atomic E-state index is 2.63. The molecule has 0 radical (unpaired) electrons. The van der Waals surface area contributed by atoms with Gasteiger partial charge in [0.2, 0.25) is 0 Å². The van der Waals surface area contributed by atoms with Crippen molar-refractivity contribution in [3.8, 4) is 33.4 Å². The minimum absolute atomic E-state index is 0.0750. The fourth-order valence-electron chi connectivity index (χ4n) is 11.5. The van der Waals surface area contributed by atoms with E-state index in [1.807, 2.05) is 0 Å². The Bertz CT molecular complexity index is 2900. The highest BCUT2D eigenvalue weighted by Crippen LogP contribution is 2.59. The van der Waals surface area contributed by atoms with Crippen molar-refractivity contribution in [3.63, 3.8) is 0 Å². The van der Waals surface area contributed by atoms with Gasteiger partial charge in [0.05, 0.1) is 11.1 Å². The van der Waals surface area contributed by atoms with E-state index in [9.17, 15) is 0 Å². The Morgan fingerprint density at radius 2 is 0.984 bits per heavy atom. The maximum atomic E-state index is 2.63. The van der Waals surface area contributed by atoms with Crippen molar-refractivity contribution in [2.45, 2.75) is 82.5 Å². The first kappa shape index (κ1) is 38.5. The minimum Gasteiger partial charge on any atom is -0.310 e. The van der Waals surface area contributed by atoms with Gasteiger partial charge >= 0.3 is 0 Å². The molecule has 0 amide bonds. The van der Waals surface area contributed by atoms with E-state index in [-0.39, 0.29) is 10.8 Å². The van der Waals surface area contributed by atoms with Crippen LogP contribution in [0.4, 0.5) is 17.1 Å². The number of anilines is 3. The van der Waals surface area contributed by atoms with Crippen LogP contribution in [0.5, 0.6) is 0 Å². The molecule has 8 aromatic rings. The monoisotopic (exact) mass is 801 g/mol. The first-order valence-electron chi connectivity index (χ1n) is 22.9. The highest BCUT2D eigenvalue weighted by Gasteiger charge is 2.47. The second-order valence-electron chi connectivity index (χ2n) is 19.3. The van der Waals surface area contributed by atoms with Crippen LogP contribution in [-0.2, 0) is 29.1 Å². The molecule has 1 heteroatoms. The Morgan fingerprint density at radius 1 is 0.387 bits per heavy atom. The molecule has 0 aliphatic heterocycles. The summed E-state index contributed by atoms with van der Waals surface area (Å²) in [4.78, 5) is 2.63. The van der Waals surface area contributed by atoms with Gasteiger partial charge < -0.3 is 4.90 Å². The Hall–Kier alpha value is -6.44. The van der Waals surface area contributed by atoms with Crippen LogP contribution in [0.3, 0.4) is 0 Å². The van der Waals surface area contributed by atoms with Crippen molar-refractivity contribution in [2.24, 2.45) is 0 Å². The molecule has 8 aromatic carbocycles. The number of aryl methyl sites for hydroxylation is 1. The second kappa shape index (κ2) is 14.9. The van der Waals surface area contributed by atoms with Gasteiger partial charge in [-0.15, -0.1) is 0 Å². The van der Waals surface area contributed by atoms with Gasteiger partial charge in [0.25, 0.3) is 0 Å². The van der Waals surface area contributed by atoms with Gasteiger partial charge in [-0.2, -0.15) is 0 Å². The van der Waals surface area contributed by atoms with E-state index in [4.69, 9.17) is 0 Å². The molecular formula is C61H55N. The average molecular weight is 802 g/mol. The van der Waals surface area contributed by atoms with Crippen LogP contribution in [0.25, 0.3) is 33.4 Å². The summed E-state index contributed by atoms with van der Waals surface area (Å²) >= 11 is 0. The normalized spacial score (nSPS) is 16.4. The van der Waals surface area contributed by atoms with E-state index in [1.54, 1.807) is 0 Å². The van der Waals surface area contributed by atoms with Crippen LogP contribution in [-0.4, -0.2) is 0 Å². The molecule has 0 aromatic heterocycles. The van der Waals surface area contributed by atoms with Crippen molar-refractivity contribution in [1.29, 1.82) is 0 Å². The molecule has 0 N–H and O–H groups in total. The fourth-order valence-corrected chi connectivity index (χ4v) is 11.5. The van der Waals surface area contributed by atoms with Crippen molar-refractivity contribution >= 4 is 17.1 Å². The number of hydrogen-bond donors (Lipinski definition) is 0. The van der Waals surface area contributed by atoms with Crippen molar-refractivity contribution in [3.05, 3.63) is 233 Å². The second-order valence-corrected chi connectivity index (χ2v) is 19.3. The van der Waals surface area contributed by atoms with E-state index in [0.29, 0.717) is 0 Å². The number of hydrogen-bond acceptors (Lipinski definition) is 1. The molecule has 0 saturated carbocycles. The summed E-state index contributed by atoms with van der Waals surface area (Å²) in [5, 5.41) is 0. The molecule has 0 heterocycles. The lowest BCUT2D eigenvalue weighted by Gasteiger charge is -2.42. The van der Waals surface area contributed by atoms with Gasteiger partial charge in [-0.3, -0.25) is 0 Å². The predicted molar refractivity (Wildman–Crippen MR) is 261 cm³/mol. The summed E-state index contributed by atoms with van der Waals surface area (Å²) in [6, 6.07) is 71.6. The van der Waals surface area contributed by atoms with Crippen molar-refractivity contribution in [2.75, 3.05) is 4.90 Å². The number of rotatable bonds is 7. The third-order valence-corrected chi connectivity index (χ3v) is 14.8. The highest BCUT2D eigenvalue weighted by atomic mass is 15.1. The average Bonchev–Trinajstić information content (AvgIpc) is 3.61. The van der Waals surface area contributed by atoms with E-state index < -0.39 is 5.41 Å². The lowest BCUT2D eigenvalue weighted by atomic mass is 9.63. The van der Waals surface area contributed by atoms with Crippen LogP contribution in [0.15, 0.2) is 188 Å². The molecule has 62 heavy (non-hydrogen) atoms. The van der Waals surface area contributed by atoms with Crippen LogP contribution >= 0.6 is 0 Å². The molecule has 3 aliphatic rings. The van der Waals surface area contributed by atoms with Gasteiger partial charge in [-0.1, -0.05) is 185 Å². The molecule has 0 unspecified atom stereocenters. The fraction of sp³-hybridized carbons (Fsp3) is 0.213. The van der Waals surface area contributed by atoms with Gasteiger partial charge in [0.1, 0.15) is 0 Å². The van der Waals surface area contributed by atoms with Crippen molar-refractivity contribution < 1.29 is 0 Å². The van der Waals surface area contributed by atoms with Gasteiger partial charge in [-0.25, -0.2) is 0 Å². The number of nitrogens with zero attached hydrogens (tertiary/aromatic N) is 1. The first-order chi connectivity index (χ1) is 30.2. The number of fused-ring (bicyclic) bond motifs is 5. The molecule has 3 aliphatic carbocycles. The van der Waals surface area contributed by atoms with Gasteiger partial charge in [0.15, 0.2) is 0 Å². The minimum atomic E-state index is -0.525. The predicted octanol–water partition coefficient (Wildman–Crippen LogP) is 16.1. The number of benzene rings is 8. The van der Waals surface area contributed by atoms with Gasteiger partial charge in [0, 0.05) is 16.9 Å². The Balaban J connectivity index is 1.26. The summed E-state index contributed by atoms with van der Waals surface area (Å²) < 4.78 is 0. The molecular weight excluding hydrogens is 747 g/mol. The van der Waals surface area contributed by atoms with Crippen LogP contribution in [0.2, 0.25) is 0 Å². The Morgan fingerprint density at radius 3 is 1.69 bits per heavy atom.